The number of carbonyl (C=O) groups is 2. The van der Waals surface area contributed by atoms with Gasteiger partial charge in [-0.2, -0.15) is 0 Å². The second-order valence-corrected chi connectivity index (χ2v) is 28.8. The minimum atomic E-state index is -4.39. The van der Waals surface area contributed by atoms with Gasteiger partial charge in [0.05, 0.1) is 27.7 Å². The minimum Gasteiger partial charge on any atom is -0.462 e. The molecule has 0 heterocycles. The number of ether oxygens (including phenoxy) is 2. The van der Waals surface area contributed by atoms with Crippen LogP contribution in [0.1, 0.15) is 386 Å². The highest BCUT2D eigenvalue weighted by atomic mass is 31.2. The van der Waals surface area contributed by atoms with Crippen LogP contribution in [0.5, 0.6) is 0 Å². The zero-order chi connectivity index (χ0) is 64.1. The molecule has 0 fully saturated rings. The molecule has 88 heavy (non-hydrogen) atoms. The normalized spacial score (nSPS) is 13.3. The zero-order valence-electron chi connectivity index (χ0n) is 59.2. The molecule has 0 bridgehead atoms. The van der Waals surface area contributed by atoms with Crippen molar-refractivity contribution in [2.75, 3.05) is 47.5 Å². The number of hydrogen-bond donors (Lipinski definition) is 1. The van der Waals surface area contributed by atoms with E-state index in [4.69, 9.17) is 18.5 Å². The quantitative estimate of drug-likeness (QED) is 0.0211. The molecule has 10 heteroatoms. The largest absolute Gasteiger partial charge is 0.472 e. The fraction of sp³-hybridized carbons (Fsp3) is 0.872. The van der Waals surface area contributed by atoms with E-state index in [1.807, 2.05) is 21.1 Å². The molecule has 1 N–H and O–H groups in total. The van der Waals surface area contributed by atoms with Crippen molar-refractivity contribution in [2.45, 2.75) is 392 Å². The van der Waals surface area contributed by atoms with E-state index < -0.39 is 26.5 Å². The summed E-state index contributed by atoms with van der Waals surface area (Å²) >= 11 is 0. The van der Waals surface area contributed by atoms with Crippen LogP contribution in [0.15, 0.2) is 48.6 Å². The van der Waals surface area contributed by atoms with Crippen LogP contribution in [0, 0.1) is 0 Å². The number of allylic oxidation sites excluding steroid dienone is 8. The van der Waals surface area contributed by atoms with Gasteiger partial charge < -0.3 is 18.9 Å². The number of esters is 2. The Balaban J connectivity index is 3.89. The van der Waals surface area contributed by atoms with Gasteiger partial charge in [0.2, 0.25) is 0 Å². The Morgan fingerprint density at radius 2 is 0.614 bits per heavy atom. The van der Waals surface area contributed by atoms with Gasteiger partial charge in [0, 0.05) is 12.8 Å². The van der Waals surface area contributed by atoms with E-state index in [1.165, 1.54) is 308 Å². The van der Waals surface area contributed by atoms with Crippen molar-refractivity contribution in [3.05, 3.63) is 48.6 Å². The Labute approximate surface area is 547 Å². The van der Waals surface area contributed by atoms with Crippen LogP contribution in [0.25, 0.3) is 0 Å². The van der Waals surface area contributed by atoms with Crippen molar-refractivity contribution in [1.82, 2.24) is 0 Å². The Hall–Kier alpha value is -2.03. The van der Waals surface area contributed by atoms with Crippen LogP contribution < -0.4 is 0 Å². The summed E-state index contributed by atoms with van der Waals surface area (Å²) in [4.78, 5) is 35.9. The van der Waals surface area contributed by atoms with Gasteiger partial charge in [0.1, 0.15) is 19.8 Å². The molecule has 0 aromatic rings. The molecule has 518 valence electrons. The van der Waals surface area contributed by atoms with E-state index in [0.29, 0.717) is 23.9 Å². The number of quaternary nitrogens is 1. The van der Waals surface area contributed by atoms with E-state index in [1.54, 1.807) is 0 Å². The molecule has 0 saturated heterocycles. The highest BCUT2D eigenvalue weighted by Gasteiger charge is 2.27. The zero-order valence-corrected chi connectivity index (χ0v) is 60.1. The first kappa shape index (κ1) is 86.0. The fourth-order valence-electron chi connectivity index (χ4n) is 11.4. The lowest BCUT2D eigenvalue weighted by atomic mass is 10.0. The van der Waals surface area contributed by atoms with E-state index in [-0.39, 0.29) is 25.6 Å². The molecular formula is C78H149NO8P+. The van der Waals surface area contributed by atoms with Gasteiger partial charge >= 0.3 is 19.8 Å². The lowest BCUT2D eigenvalue weighted by molar-refractivity contribution is -0.870. The molecule has 0 aliphatic heterocycles. The van der Waals surface area contributed by atoms with E-state index >= 15 is 0 Å². The van der Waals surface area contributed by atoms with Gasteiger partial charge in [-0.3, -0.25) is 18.6 Å². The number of nitrogens with zero attached hydrogens (tertiary/aromatic N) is 1. The first-order valence-corrected chi connectivity index (χ1v) is 39.9. The molecule has 2 atom stereocenters. The molecule has 0 aliphatic carbocycles. The van der Waals surface area contributed by atoms with Gasteiger partial charge in [-0.1, -0.05) is 345 Å². The third-order valence-corrected chi connectivity index (χ3v) is 18.3. The van der Waals surface area contributed by atoms with Crippen LogP contribution in [0.2, 0.25) is 0 Å². The maximum Gasteiger partial charge on any atom is 0.472 e. The summed E-state index contributed by atoms with van der Waals surface area (Å²) in [6.07, 6.45) is 91.1. The summed E-state index contributed by atoms with van der Waals surface area (Å²) < 4.78 is 34.8. The summed E-state index contributed by atoms with van der Waals surface area (Å²) in [6, 6.07) is 0. The van der Waals surface area contributed by atoms with Crippen LogP contribution in [-0.4, -0.2) is 74.9 Å². The second-order valence-electron chi connectivity index (χ2n) is 27.4. The summed E-state index contributed by atoms with van der Waals surface area (Å²) in [5, 5.41) is 0. The lowest BCUT2D eigenvalue weighted by Gasteiger charge is -2.24. The number of hydrogen-bond acceptors (Lipinski definition) is 7. The third-order valence-electron chi connectivity index (χ3n) is 17.3. The van der Waals surface area contributed by atoms with Crippen molar-refractivity contribution in [1.29, 1.82) is 0 Å². The Morgan fingerprint density at radius 1 is 0.352 bits per heavy atom. The van der Waals surface area contributed by atoms with Crippen molar-refractivity contribution in [3.8, 4) is 0 Å². The van der Waals surface area contributed by atoms with Crippen LogP contribution in [0.3, 0.4) is 0 Å². The average Bonchev–Trinajstić information content (AvgIpc) is 3.58. The first-order chi connectivity index (χ1) is 43.0. The molecule has 0 aromatic heterocycles. The molecule has 0 rings (SSSR count). The van der Waals surface area contributed by atoms with Gasteiger partial charge in [0.25, 0.3) is 0 Å². The number of phosphoric acid groups is 1. The van der Waals surface area contributed by atoms with Crippen LogP contribution in [0.4, 0.5) is 0 Å². The van der Waals surface area contributed by atoms with E-state index in [0.717, 1.165) is 44.9 Å². The summed E-state index contributed by atoms with van der Waals surface area (Å²) in [6.45, 7) is 4.49. The highest BCUT2D eigenvalue weighted by Crippen LogP contribution is 2.43. The molecule has 0 saturated carbocycles. The monoisotopic (exact) mass is 1260 g/mol. The fourth-order valence-corrected chi connectivity index (χ4v) is 12.2. The maximum atomic E-state index is 12.9. The predicted molar refractivity (Wildman–Crippen MR) is 381 cm³/mol. The van der Waals surface area contributed by atoms with Gasteiger partial charge in [-0.05, 0) is 77.0 Å². The number of rotatable bonds is 72. The SMILES string of the molecule is CCCCCCC/C=C\C/C=C\C/C=C\CCCCCCCCCCCCCCCCCCCCCCCCCCCCC(=O)OC(COC(=O)CCCCCCCCCCCCC/C=C\CCCCCCCCCC)COP(=O)(O)OCC[N+](C)(C)C. The molecular weight excluding hydrogens is 1110 g/mol. The topological polar surface area (TPSA) is 108 Å². The van der Waals surface area contributed by atoms with Gasteiger partial charge in [0.15, 0.2) is 6.10 Å². The highest BCUT2D eigenvalue weighted by molar-refractivity contribution is 7.47. The molecule has 9 nitrogen and oxygen atoms in total. The van der Waals surface area contributed by atoms with Gasteiger partial charge in [-0.15, -0.1) is 0 Å². The molecule has 0 aromatic carbocycles. The third kappa shape index (κ3) is 73.0. The van der Waals surface area contributed by atoms with E-state index in [9.17, 15) is 19.0 Å². The number of phosphoric ester groups is 1. The van der Waals surface area contributed by atoms with Gasteiger partial charge in [-0.25, -0.2) is 4.57 Å². The van der Waals surface area contributed by atoms with E-state index in [2.05, 4.69) is 62.5 Å². The standard InChI is InChI=1S/C78H148NO8P/c1-6-8-10-12-14-16-18-20-22-24-26-28-30-31-32-33-34-35-36-37-38-39-40-41-42-43-44-45-46-47-49-51-53-55-57-59-61-63-65-67-69-71-78(81)87-76(75-86-88(82,83)85-73-72-79(3,4)5)74-84-77(80)70-68-66-64-62-60-58-56-54-52-50-48-29-27-25-23-21-19-17-15-13-11-9-7-2/h18,20,24-27,30-31,76H,6-17,19,21-23,28-29,32-75H2,1-5H3/p+1/b20-18-,26-24-,27-25-,31-30-. The number of likely N-dealkylation sites (N-methyl/N-ethyl adjacent to an activating group) is 1. The molecule has 0 spiro atoms. The lowest BCUT2D eigenvalue weighted by Crippen LogP contribution is -2.37. The second kappa shape index (κ2) is 69.3. The summed E-state index contributed by atoms with van der Waals surface area (Å²) in [5.74, 6) is -0.777. The summed E-state index contributed by atoms with van der Waals surface area (Å²) in [5.41, 5.74) is 0. The van der Waals surface area contributed by atoms with Crippen LogP contribution >= 0.6 is 7.82 Å². The molecule has 2 unspecified atom stereocenters. The molecule has 0 amide bonds. The average molecular weight is 1260 g/mol. The first-order valence-electron chi connectivity index (χ1n) is 38.4. The molecule has 0 aliphatic rings. The maximum absolute atomic E-state index is 12.9. The van der Waals surface area contributed by atoms with Crippen LogP contribution in [-0.2, 0) is 32.7 Å². The smallest absolute Gasteiger partial charge is 0.462 e. The van der Waals surface area contributed by atoms with Crippen molar-refractivity contribution in [2.24, 2.45) is 0 Å². The van der Waals surface area contributed by atoms with Crippen molar-refractivity contribution < 1.29 is 42.1 Å². The van der Waals surface area contributed by atoms with Crippen molar-refractivity contribution >= 4 is 19.8 Å². The molecule has 0 radical (unpaired) electrons. The van der Waals surface area contributed by atoms with Crippen molar-refractivity contribution in [3.63, 3.8) is 0 Å². The number of carbonyl (C=O) groups excluding carboxylic acids is 2. The summed E-state index contributed by atoms with van der Waals surface area (Å²) in [7, 11) is 1.50. The minimum absolute atomic E-state index is 0.0341. The number of unbranched alkanes of at least 4 members (excludes halogenated alkanes) is 50. The Kier molecular flexibility index (Phi) is 67.7. The Morgan fingerprint density at radius 3 is 0.920 bits per heavy atom. The Bertz CT molecular complexity index is 1620. The predicted octanol–water partition coefficient (Wildman–Crippen LogP) is 25.2.